The summed E-state index contributed by atoms with van der Waals surface area (Å²) in [5, 5.41) is 7.86. The van der Waals surface area contributed by atoms with Gasteiger partial charge >= 0.3 is 9.28 Å². The van der Waals surface area contributed by atoms with Gasteiger partial charge in [0.05, 0.1) is 11.4 Å². The van der Waals surface area contributed by atoms with Crippen molar-refractivity contribution in [2.45, 2.75) is 40.5 Å². The molecule has 0 bridgehead atoms. The molecule has 4 nitrogen and oxygen atoms in total. The summed E-state index contributed by atoms with van der Waals surface area (Å²) in [6.45, 7) is 11.5. The fourth-order valence-corrected chi connectivity index (χ4v) is 1.30. The van der Waals surface area contributed by atoms with Crippen LogP contribution in [0, 0.1) is 0 Å². The molecule has 0 saturated carbocycles. The van der Waals surface area contributed by atoms with Gasteiger partial charge in [-0.1, -0.05) is 13.8 Å². The van der Waals surface area contributed by atoms with E-state index in [9.17, 15) is 0 Å². The zero-order valence-corrected chi connectivity index (χ0v) is 11.1. The second kappa shape index (κ2) is 8.23. The molecular formula is C10H20N2O2Si. The third-order valence-electron chi connectivity index (χ3n) is 1.84. The molecule has 0 aromatic carbocycles. The van der Waals surface area contributed by atoms with E-state index in [4.69, 9.17) is 9.05 Å². The SMILES string of the molecule is C=C[SiH](ON=C(C)CC)ON=C(C)CC. The molecule has 0 saturated heterocycles. The number of hydrogen-bond donors (Lipinski definition) is 0. The van der Waals surface area contributed by atoms with E-state index in [1.54, 1.807) is 5.70 Å². The minimum atomic E-state index is -1.96. The number of oxime groups is 2. The number of hydrogen-bond acceptors (Lipinski definition) is 4. The molecule has 0 aliphatic heterocycles. The summed E-state index contributed by atoms with van der Waals surface area (Å²) in [7, 11) is -1.96. The fourth-order valence-electron chi connectivity index (χ4n) is 0.518. The van der Waals surface area contributed by atoms with E-state index in [1.165, 1.54) is 0 Å². The molecule has 5 heteroatoms. The molecule has 0 heterocycles. The van der Waals surface area contributed by atoms with E-state index in [0.29, 0.717) is 0 Å². The highest BCUT2D eigenvalue weighted by atomic mass is 28.3. The summed E-state index contributed by atoms with van der Waals surface area (Å²) in [6.07, 6.45) is 1.74. The Balaban J connectivity index is 4.10. The molecular weight excluding hydrogens is 208 g/mol. The quantitative estimate of drug-likeness (QED) is 0.382. The smallest absolute Gasteiger partial charge is 0.406 e. The minimum absolute atomic E-state index is 0.871. The van der Waals surface area contributed by atoms with E-state index < -0.39 is 9.28 Å². The van der Waals surface area contributed by atoms with Crippen LogP contribution in [0.5, 0.6) is 0 Å². The Kier molecular flexibility index (Phi) is 7.62. The Morgan fingerprint density at radius 1 is 1.13 bits per heavy atom. The first kappa shape index (κ1) is 13.9. The van der Waals surface area contributed by atoms with Crippen molar-refractivity contribution in [2.24, 2.45) is 10.3 Å². The van der Waals surface area contributed by atoms with E-state index in [0.717, 1.165) is 24.3 Å². The van der Waals surface area contributed by atoms with Gasteiger partial charge in [0.15, 0.2) is 0 Å². The van der Waals surface area contributed by atoms with Crippen molar-refractivity contribution in [2.75, 3.05) is 0 Å². The first-order chi connectivity index (χ1) is 7.13. The van der Waals surface area contributed by atoms with Crippen molar-refractivity contribution in [1.29, 1.82) is 0 Å². The standard InChI is InChI=1S/C10H20N2O2Si/c1-6-9(4)11-13-15(8-3)14-12-10(5)7-2/h8,15H,3,6-7H2,1-2,4-5H3. The predicted octanol–water partition coefficient (Wildman–Crippen LogP) is 2.54. The zero-order valence-electron chi connectivity index (χ0n) is 9.99. The van der Waals surface area contributed by atoms with Crippen LogP contribution in [0.2, 0.25) is 0 Å². The van der Waals surface area contributed by atoms with Gasteiger partial charge in [-0.3, -0.25) is 0 Å². The first-order valence-corrected chi connectivity index (χ1v) is 6.76. The van der Waals surface area contributed by atoms with Gasteiger partial charge in [0.1, 0.15) is 0 Å². The van der Waals surface area contributed by atoms with E-state index >= 15 is 0 Å². The van der Waals surface area contributed by atoms with Gasteiger partial charge in [-0.25, -0.2) is 0 Å². The van der Waals surface area contributed by atoms with Crippen LogP contribution in [-0.2, 0) is 9.05 Å². The lowest BCUT2D eigenvalue weighted by molar-refractivity contribution is 0.221. The molecule has 86 valence electrons. The summed E-state index contributed by atoms with van der Waals surface area (Å²) in [5.74, 6) is 0. The van der Waals surface area contributed by atoms with Crippen LogP contribution in [0.1, 0.15) is 40.5 Å². The lowest BCUT2D eigenvalue weighted by Crippen LogP contribution is -2.16. The van der Waals surface area contributed by atoms with Crippen LogP contribution in [-0.4, -0.2) is 20.7 Å². The second-order valence-corrected chi connectivity index (χ2v) is 4.80. The van der Waals surface area contributed by atoms with Crippen molar-refractivity contribution < 1.29 is 9.05 Å². The molecule has 0 aliphatic rings. The van der Waals surface area contributed by atoms with E-state index in [1.807, 2.05) is 27.7 Å². The first-order valence-electron chi connectivity index (χ1n) is 5.15. The minimum Gasteiger partial charge on any atom is -0.406 e. The van der Waals surface area contributed by atoms with Crippen molar-refractivity contribution in [3.8, 4) is 0 Å². The normalized spacial score (nSPS) is 14.7. The molecule has 0 aromatic heterocycles. The van der Waals surface area contributed by atoms with Crippen LogP contribution < -0.4 is 0 Å². The van der Waals surface area contributed by atoms with Crippen LogP contribution >= 0.6 is 0 Å². The third-order valence-corrected chi connectivity index (χ3v) is 2.85. The maximum absolute atomic E-state index is 5.22. The summed E-state index contributed by atoms with van der Waals surface area (Å²) in [5.41, 5.74) is 3.53. The summed E-state index contributed by atoms with van der Waals surface area (Å²) < 4.78 is 10.4. The predicted molar refractivity (Wildman–Crippen MR) is 66.3 cm³/mol. The largest absolute Gasteiger partial charge is 0.519 e. The summed E-state index contributed by atoms with van der Waals surface area (Å²) in [6, 6.07) is 0. The highest BCUT2D eigenvalue weighted by Crippen LogP contribution is 1.96. The Labute approximate surface area is 93.5 Å². The molecule has 0 aliphatic carbocycles. The van der Waals surface area contributed by atoms with Crippen molar-refractivity contribution >= 4 is 20.7 Å². The molecule has 0 N–H and O–H groups in total. The summed E-state index contributed by atoms with van der Waals surface area (Å²) >= 11 is 0. The van der Waals surface area contributed by atoms with Crippen molar-refractivity contribution in [3.05, 3.63) is 12.3 Å². The molecule has 0 fully saturated rings. The number of nitrogens with zero attached hydrogens (tertiary/aromatic N) is 2. The van der Waals surface area contributed by atoms with Crippen molar-refractivity contribution in [3.63, 3.8) is 0 Å². The Hall–Kier alpha value is -1.10. The average molecular weight is 228 g/mol. The molecule has 0 amide bonds. The van der Waals surface area contributed by atoms with Crippen LogP contribution in [0.15, 0.2) is 22.6 Å². The number of rotatable bonds is 7. The van der Waals surface area contributed by atoms with Gasteiger partial charge in [-0.15, -0.1) is 16.9 Å². The average Bonchev–Trinajstić information content (AvgIpc) is 2.28. The van der Waals surface area contributed by atoms with E-state index in [2.05, 4.69) is 16.9 Å². The summed E-state index contributed by atoms with van der Waals surface area (Å²) in [4.78, 5) is 0. The van der Waals surface area contributed by atoms with E-state index in [-0.39, 0.29) is 0 Å². The van der Waals surface area contributed by atoms with Crippen LogP contribution in [0.3, 0.4) is 0 Å². The molecule has 0 aromatic rings. The van der Waals surface area contributed by atoms with Gasteiger partial charge in [-0.05, 0) is 32.4 Å². The maximum Gasteiger partial charge on any atom is 0.519 e. The monoisotopic (exact) mass is 228 g/mol. The zero-order chi connectivity index (χ0) is 11.7. The van der Waals surface area contributed by atoms with Crippen LogP contribution in [0.25, 0.3) is 0 Å². The molecule has 0 spiro atoms. The molecule has 0 unspecified atom stereocenters. The molecule has 0 radical (unpaired) electrons. The Morgan fingerprint density at radius 3 is 1.80 bits per heavy atom. The van der Waals surface area contributed by atoms with Gasteiger partial charge in [-0.2, -0.15) is 0 Å². The second-order valence-electron chi connectivity index (χ2n) is 3.18. The lowest BCUT2D eigenvalue weighted by atomic mass is 10.3. The van der Waals surface area contributed by atoms with Crippen LogP contribution in [0.4, 0.5) is 0 Å². The maximum atomic E-state index is 5.22. The van der Waals surface area contributed by atoms with Crippen molar-refractivity contribution in [1.82, 2.24) is 0 Å². The fraction of sp³-hybridized carbons (Fsp3) is 0.600. The molecule has 0 rings (SSSR count). The highest BCUT2D eigenvalue weighted by molar-refractivity contribution is 6.50. The molecule has 15 heavy (non-hydrogen) atoms. The lowest BCUT2D eigenvalue weighted by Gasteiger charge is -2.07. The van der Waals surface area contributed by atoms with Gasteiger partial charge in [0, 0.05) is 0 Å². The Morgan fingerprint density at radius 2 is 1.53 bits per heavy atom. The van der Waals surface area contributed by atoms with Gasteiger partial charge in [0.25, 0.3) is 0 Å². The van der Waals surface area contributed by atoms with Gasteiger partial charge in [0.2, 0.25) is 0 Å². The van der Waals surface area contributed by atoms with Gasteiger partial charge < -0.3 is 9.05 Å². The Bertz CT molecular complexity index is 230. The highest BCUT2D eigenvalue weighted by Gasteiger charge is 2.10. The topological polar surface area (TPSA) is 43.2 Å². The molecule has 0 atom stereocenters. The third kappa shape index (κ3) is 6.90.